The number of benzene rings is 2. The maximum absolute atomic E-state index is 13.7. The summed E-state index contributed by atoms with van der Waals surface area (Å²) in [6, 6.07) is 12.9. The van der Waals surface area contributed by atoms with Crippen LogP contribution in [0.4, 0.5) is 10.1 Å². The average molecular weight is 383 g/mol. The highest BCUT2D eigenvalue weighted by molar-refractivity contribution is 5.95. The summed E-state index contributed by atoms with van der Waals surface area (Å²) < 4.78 is 13.7. The maximum atomic E-state index is 13.7. The third kappa shape index (κ3) is 4.75. The molecule has 2 aromatic rings. The molecule has 2 unspecified atom stereocenters. The Bertz CT molecular complexity index is 855. The van der Waals surface area contributed by atoms with Crippen LogP contribution in [0.1, 0.15) is 48.5 Å². The molecule has 2 atom stereocenters. The number of carbonyl (C=O) groups excluding carboxylic acids is 2. The monoisotopic (exact) mass is 383 g/mol. The van der Waals surface area contributed by atoms with Crippen LogP contribution in [0.5, 0.6) is 0 Å². The van der Waals surface area contributed by atoms with Crippen LogP contribution in [-0.4, -0.2) is 28.8 Å². The first-order valence-electron chi connectivity index (χ1n) is 9.63. The third-order valence-electron chi connectivity index (χ3n) is 5.18. The zero-order valence-electron chi connectivity index (χ0n) is 16.0. The van der Waals surface area contributed by atoms with E-state index in [0.29, 0.717) is 17.8 Å². The Balaban J connectivity index is 1.95. The predicted octanol–water partition coefficient (Wildman–Crippen LogP) is 3.70. The van der Waals surface area contributed by atoms with Gasteiger partial charge in [0.25, 0.3) is 5.91 Å². The zero-order valence-corrected chi connectivity index (χ0v) is 16.0. The minimum absolute atomic E-state index is 0.126. The van der Waals surface area contributed by atoms with Crippen LogP contribution in [-0.2, 0) is 11.3 Å². The predicted molar refractivity (Wildman–Crippen MR) is 107 cm³/mol. The SMILES string of the molecule is CC(=O)Nc1ccccc1CN(C(=O)c1cccc(F)c1)C1CCCCC1N. The van der Waals surface area contributed by atoms with Crippen LogP contribution in [0.25, 0.3) is 0 Å². The molecular weight excluding hydrogens is 357 g/mol. The van der Waals surface area contributed by atoms with Gasteiger partial charge in [-0.1, -0.05) is 37.1 Å². The van der Waals surface area contributed by atoms with Gasteiger partial charge in [0.1, 0.15) is 5.82 Å². The van der Waals surface area contributed by atoms with Gasteiger partial charge in [0.05, 0.1) is 0 Å². The molecule has 0 spiro atoms. The number of rotatable bonds is 5. The van der Waals surface area contributed by atoms with E-state index in [9.17, 15) is 14.0 Å². The van der Waals surface area contributed by atoms with Gasteiger partial charge in [0.15, 0.2) is 0 Å². The van der Waals surface area contributed by atoms with E-state index in [1.54, 1.807) is 11.0 Å². The maximum Gasteiger partial charge on any atom is 0.254 e. The van der Waals surface area contributed by atoms with Crippen molar-refractivity contribution < 1.29 is 14.0 Å². The summed E-state index contributed by atoms with van der Waals surface area (Å²) in [7, 11) is 0. The summed E-state index contributed by atoms with van der Waals surface area (Å²) in [6.07, 6.45) is 3.70. The minimum atomic E-state index is -0.447. The van der Waals surface area contributed by atoms with Gasteiger partial charge >= 0.3 is 0 Å². The van der Waals surface area contributed by atoms with Crippen molar-refractivity contribution in [3.05, 3.63) is 65.5 Å². The van der Waals surface area contributed by atoms with Crippen LogP contribution in [0.15, 0.2) is 48.5 Å². The lowest BCUT2D eigenvalue weighted by atomic mass is 9.89. The summed E-state index contributed by atoms with van der Waals surface area (Å²) in [5.41, 5.74) is 8.14. The van der Waals surface area contributed by atoms with Crippen LogP contribution in [0.3, 0.4) is 0 Å². The van der Waals surface area contributed by atoms with Crippen LogP contribution >= 0.6 is 0 Å². The lowest BCUT2D eigenvalue weighted by Gasteiger charge is -2.39. The smallest absolute Gasteiger partial charge is 0.254 e. The van der Waals surface area contributed by atoms with Crippen molar-refractivity contribution in [1.29, 1.82) is 0 Å². The highest BCUT2D eigenvalue weighted by atomic mass is 19.1. The molecule has 5 nitrogen and oxygen atoms in total. The number of amides is 2. The number of nitrogens with one attached hydrogen (secondary N) is 1. The number of para-hydroxylation sites is 1. The minimum Gasteiger partial charge on any atom is -0.330 e. The van der Waals surface area contributed by atoms with E-state index in [0.717, 1.165) is 31.2 Å². The van der Waals surface area contributed by atoms with Crippen LogP contribution in [0, 0.1) is 5.82 Å². The van der Waals surface area contributed by atoms with E-state index in [2.05, 4.69) is 5.32 Å². The Morgan fingerprint density at radius 3 is 2.61 bits per heavy atom. The van der Waals surface area contributed by atoms with Gasteiger partial charge in [-0.15, -0.1) is 0 Å². The molecule has 1 aliphatic carbocycles. The first-order chi connectivity index (χ1) is 13.5. The second kappa shape index (κ2) is 8.97. The number of anilines is 1. The molecule has 1 fully saturated rings. The Labute approximate surface area is 164 Å². The molecule has 1 saturated carbocycles. The third-order valence-corrected chi connectivity index (χ3v) is 5.18. The molecule has 148 valence electrons. The lowest BCUT2D eigenvalue weighted by Crippen LogP contribution is -2.51. The van der Waals surface area contributed by atoms with Gasteiger partial charge in [0.2, 0.25) is 5.91 Å². The van der Waals surface area contributed by atoms with Gasteiger partial charge < -0.3 is 16.0 Å². The second-order valence-electron chi connectivity index (χ2n) is 7.30. The number of nitrogens with zero attached hydrogens (tertiary/aromatic N) is 1. The topological polar surface area (TPSA) is 75.4 Å². The molecular formula is C22H26FN3O2. The van der Waals surface area contributed by atoms with Crippen LogP contribution in [0.2, 0.25) is 0 Å². The standard InChI is InChI=1S/C22H26FN3O2/c1-15(27)25-20-11-4-2-7-17(20)14-26(21-12-5-3-10-19(21)24)22(28)16-8-6-9-18(23)13-16/h2,4,6-9,11,13,19,21H,3,5,10,12,14,24H2,1H3,(H,25,27). The van der Waals surface area contributed by atoms with Crippen molar-refractivity contribution >= 4 is 17.5 Å². The molecule has 3 N–H and O–H groups in total. The van der Waals surface area contributed by atoms with E-state index in [4.69, 9.17) is 5.73 Å². The molecule has 0 aromatic heterocycles. The van der Waals surface area contributed by atoms with Crippen molar-refractivity contribution in [3.63, 3.8) is 0 Å². The Hall–Kier alpha value is -2.73. The molecule has 2 aromatic carbocycles. The summed E-state index contributed by atoms with van der Waals surface area (Å²) in [4.78, 5) is 26.6. The Morgan fingerprint density at radius 1 is 1.14 bits per heavy atom. The van der Waals surface area contributed by atoms with E-state index in [1.807, 2.05) is 24.3 Å². The first kappa shape index (κ1) is 20.0. The fraction of sp³-hybridized carbons (Fsp3) is 0.364. The fourth-order valence-corrected chi connectivity index (χ4v) is 3.81. The fourth-order valence-electron chi connectivity index (χ4n) is 3.81. The number of carbonyl (C=O) groups is 2. The first-order valence-corrected chi connectivity index (χ1v) is 9.63. The molecule has 0 heterocycles. The molecule has 3 rings (SSSR count). The highest BCUT2D eigenvalue weighted by Gasteiger charge is 2.32. The molecule has 2 amide bonds. The van der Waals surface area contributed by atoms with Gasteiger partial charge in [-0.3, -0.25) is 9.59 Å². The van der Waals surface area contributed by atoms with Crippen molar-refractivity contribution in [2.45, 2.75) is 51.2 Å². The molecule has 0 radical (unpaired) electrons. The average Bonchev–Trinajstić information content (AvgIpc) is 2.67. The largest absolute Gasteiger partial charge is 0.330 e. The molecule has 0 saturated heterocycles. The van der Waals surface area contributed by atoms with E-state index in [-0.39, 0.29) is 23.9 Å². The molecule has 28 heavy (non-hydrogen) atoms. The Morgan fingerprint density at radius 2 is 1.89 bits per heavy atom. The lowest BCUT2D eigenvalue weighted by molar-refractivity contribution is -0.114. The van der Waals surface area contributed by atoms with Crippen molar-refractivity contribution in [3.8, 4) is 0 Å². The molecule has 1 aliphatic rings. The summed E-state index contributed by atoms with van der Waals surface area (Å²) in [5.74, 6) is -0.873. The molecule has 0 aliphatic heterocycles. The number of halogens is 1. The van der Waals surface area contributed by atoms with Crippen molar-refractivity contribution in [2.24, 2.45) is 5.73 Å². The van der Waals surface area contributed by atoms with Gasteiger partial charge in [-0.2, -0.15) is 0 Å². The summed E-state index contributed by atoms with van der Waals surface area (Å²) in [6.45, 7) is 1.74. The normalized spacial score (nSPS) is 19.1. The van der Waals surface area contributed by atoms with E-state index < -0.39 is 5.82 Å². The van der Waals surface area contributed by atoms with Crippen molar-refractivity contribution in [1.82, 2.24) is 4.90 Å². The number of nitrogens with two attached hydrogens (primary N) is 1. The quantitative estimate of drug-likeness (QED) is 0.827. The highest BCUT2D eigenvalue weighted by Crippen LogP contribution is 2.27. The Kier molecular flexibility index (Phi) is 6.41. The second-order valence-corrected chi connectivity index (χ2v) is 7.30. The van der Waals surface area contributed by atoms with E-state index in [1.165, 1.54) is 25.1 Å². The van der Waals surface area contributed by atoms with Gasteiger partial charge in [-0.25, -0.2) is 4.39 Å². The summed E-state index contributed by atoms with van der Waals surface area (Å²) in [5, 5.41) is 2.81. The zero-order chi connectivity index (χ0) is 20.1. The molecule has 6 heteroatoms. The summed E-state index contributed by atoms with van der Waals surface area (Å²) >= 11 is 0. The van der Waals surface area contributed by atoms with E-state index >= 15 is 0 Å². The number of hydrogen-bond acceptors (Lipinski definition) is 3. The van der Waals surface area contributed by atoms with Gasteiger partial charge in [-0.05, 0) is 42.7 Å². The molecule has 0 bridgehead atoms. The van der Waals surface area contributed by atoms with Crippen LogP contribution < -0.4 is 11.1 Å². The number of hydrogen-bond donors (Lipinski definition) is 2. The van der Waals surface area contributed by atoms with Gasteiger partial charge in [0, 0.05) is 36.8 Å². The van der Waals surface area contributed by atoms with Crippen molar-refractivity contribution in [2.75, 3.05) is 5.32 Å².